The van der Waals surface area contributed by atoms with E-state index in [-0.39, 0.29) is 0 Å². The van der Waals surface area contributed by atoms with Crippen molar-refractivity contribution < 1.29 is 8.42 Å². The first kappa shape index (κ1) is 11.5. The number of thiazole rings is 1. The number of anilines is 1. The van der Waals surface area contributed by atoms with Crippen LogP contribution in [0.15, 0.2) is 0 Å². The molecular weight excluding hydrogens is 220 g/mol. The van der Waals surface area contributed by atoms with Crippen LogP contribution in [-0.4, -0.2) is 18.7 Å². The SMILES string of the molecule is Cc1nc(NS(=O)(=O)C(C)C)sc1C. The first-order valence-electron chi connectivity index (χ1n) is 4.28. The summed E-state index contributed by atoms with van der Waals surface area (Å²) in [6.07, 6.45) is 0. The van der Waals surface area contributed by atoms with Crippen molar-refractivity contribution in [2.45, 2.75) is 32.9 Å². The van der Waals surface area contributed by atoms with Crippen LogP contribution in [0.3, 0.4) is 0 Å². The molecule has 0 amide bonds. The molecule has 0 spiro atoms. The van der Waals surface area contributed by atoms with Crippen LogP contribution in [0, 0.1) is 13.8 Å². The van der Waals surface area contributed by atoms with Crippen LogP contribution in [-0.2, 0) is 10.0 Å². The van der Waals surface area contributed by atoms with E-state index >= 15 is 0 Å². The minimum atomic E-state index is -3.26. The molecule has 0 unspecified atom stereocenters. The number of aromatic nitrogens is 1. The lowest BCUT2D eigenvalue weighted by atomic mass is 10.4. The molecule has 6 heteroatoms. The van der Waals surface area contributed by atoms with E-state index in [2.05, 4.69) is 9.71 Å². The van der Waals surface area contributed by atoms with Gasteiger partial charge in [0.2, 0.25) is 10.0 Å². The molecule has 0 bridgehead atoms. The van der Waals surface area contributed by atoms with Gasteiger partial charge in [-0.25, -0.2) is 13.4 Å². The Balaban J connectivity index is 2.90. The van der Waals surface area contributed by atoms with E-state index in [1.54, 1.807) is 13.8 Å². The summed E-state index contributed by atoms with van der Waals surface area (Å²) in [7, 11) is -3.26. The molecule has 1 aromatic heterocycles. The summed E-state index contributed by atoms with van der Waals surface area (Å²) in [6.45, 7) is 7.05. The minimum Gasteiger partial charge on any atom is -0.258 e. The normalized spacial score (nSPS) is 12.1. The van der Waals surface area contributed by atoms with Gasteiger partial charge in [-0.2, -0.15) is 0 Å². The number of sulfonamides is 1. The molecule has 0 radical (unpaired) electrons. The van der Waals surface area contributed by atoms with Crippen molar-refractivity contribution in [3.8, 4) is 0 Å². The Kier molecular flexibility index (Phi) is 3.16. The number of hydrogen-bond acceptors (Lipinski definition) is 4. The molecule has 0 aliphatic carbocycles. The lowest BCUT2D eigenvalue weighted by Crippen LogP contribution is -2.22. The zero-order valence-corrected chi connectivity index (χ0v) is 10.3. The molecule has 0 aliphatic rings. The maximum atomic E-state index is 11.5. The first-order valence-corrected chi connectivity index (χ1v) is 6.65. The average molecular weight is 234 g/mol. The Hall–Kier alpha value is -0.620. The molecule has 80 valence electrons. The summed E-state index contributed by atoms with van der Waals surface area (Å²) in [5.74, 6) is 0. The van der Waals surface area contributed by atoms with Crippen LogP contribution in [0.1, 0.15) is 24.4 Å². The summed E-state index contributed by atoms with van der Waals surface area (Å²) >= 11 is 1.36. The maximum absolute atomic E-state index is 11.5. The second kappa shape index (κ2) is 3.86. The lowest BCUT2D eigenvalue weighted by Gasteiger charge is -2.07. The van der Waals surface area contributed by atoms with Crippen LogP contribution in [0.5, 0.6) is 0 Å². The molecule has 0 atom stereocenters. The van der Waals surface area contributed by atoms with Crippen molar-refractivity contribution in [3.63, 3.8) is 0 Å². The van der Waals surface area contributed by atoms with Crippen molar-refractivity contribution in [2.24, 2.45) is 0 Å². The second-order valence-corrected chi connectivity index (χ2v) is 6.80. The van der Waals surface area contributed by atoms with Gasteiger partial charge in [-0.3, -0.25) is 4.72 Å². The zero-order valence-electron chi connectivity index (χ0n) is 8.66. The summed E-state index contributed by atoms with van der Waals surface area (Å²) in [5, 5.41) is 0.0145. The molecule has 1 aromatic rings. The molecule has 0 saturated heterocycles. The van der Waals surface area contributed by atoms with Gasteiger partial charge in [-0.05, 0) is 27.7 Å². The van der Waals surface area contributed by atoms with E-state index < -0.39 is 15.3 Å². The molecule has 1 rings (SSSR count). The van der Waals surface area contributed by atoms with E-state index in [4.69, 9.17) is 0 Å². The Morgan fingerprint density at radius 3 is 2.29 bits per heavy atom. The fourth-order valence-electron chi connectivity index (χ4n) is 0.756. The van der Waals surface area contributed by atoms with Gasteiger partial charge in [0.1, 0.15) is 0 Å². The van der Waals surface area contributed by atoms with Crippen LogP contribution in [0.4, 0.5) is 5.13 Å². The number of nitrogens with zero attached hydrogens (tertiary/aromatic N) is 1. The highest BCUT2D eigenvalue weighted by atomic mass is 32.2. The average Bonchev–Trinajstić information content (AvgIpc) is 2.29. The number of aryl methyl sites for hydroxylation is 2. The number of nitrogens with one attached hydrogen (secondary N) is 1. The second-order valence-electron chi connectivity index (χ2n) is 3.36. The van der Waals surface area contributed by atoms with Crippen LogP contribution in [0.25, 0.3) is 0 Å². The van der Waals surface area contributed by atoms with Crippen LogP contribution >= 0.6 is 11.3 Å². The van der Waals surface area contributed by atoms with E-state index in [1.165, 1.54) is 11.3 Å². The summed E-state index contributed by atoms with van der Waals surface area (Å²) in [5.41, 5.74) is 0.872. The van der Waals surface area contributed by atoms with Crippen molar-refractivity contribution in [3.05, 3.63) is 10.6 Å². The minimum absolute atomic E-state index is 0.438. The van der Waals surface area contributed by atoms with Gasteiger partial charge < -0.3 is 0 Å². The molecule has 0 aliphatic heterocycles. The number of hydrogen-bond donors (Lipinski definition) is 1. The van der Waals surface area contributed by atoms with Gasteiger partial charge in [0.05, 0.1) is 10.9 Å². The molecule has 1 heterocycles. The molecular formula is C8H14N2O2S2. The fourth-order valence-corrected chi connectivity index (χ4v) is 2.46. The smallest absolute Gasteiger partial charge is 0.236 e. The quantitative estimate of drug-likeness (QED) is 0.869. The topological polar surface area (TPSA) is 59.1 Å². The first-order chi connectivity index (χ1) is 6.33. The third-order valence-corrected chi connectivity index (χ3v) is 4.72. The lowest BCUT2D eigenvalue weighted by molar-refractivity contribution is 0.592. The highest BCUT2D eigenvalue weighted by Gasteiger charge is 2.17. The summed E-state index contributed by atoms with van der Waals surface area (Å²) in [6, 6.07) is 0. The maximum Gasteiger partial charge on any atom is 0.236 e. The summed E-state index contributed by atoms with van der Waals surface area (Å²) in [4.78, 5) is 5.14. The Bertz CT molecular complexity index is 401. The van der Waals surface area contributed by atoms with Gasteiger partial charge >= 0.3 is 0 Å². The van der Waals surface area contributed by atoms with Crippen molar-refractivity contribution in [1.29, 1.82) is 0 Å². The van der Waals surface area contributed by atoms with Crippen molar-refractivity contribution in [1.82, 2.24) is 4.98 Å². The Labute approximate surface area is 88.4 Å². The Morgan fingerprint density at radius 1 is 1.36 bits per heavy atom. The van der Waals surface area contributed by atoms with Gasteiger partial charge in [0.25, 0.3) is 0 Å². The monoisotopic (exact) mass is 234 g/mol. The van der Waals surface area contributed by atoms with Gasteiger partial charge in [-0.1, -0.05) is 0 Å². The van der Waals surface area contributed by atoms with Gasteiger partial charge in [0.15, 0.2) is 5.13 Å². The van der Waals surface area contributed by atoms with Gasteiger partial charge in [0, 0.05) is 4.88 Å². The fraction of sp³-hybridized carbons (Fsp3) is 0.625. The molecule has 1 N–H and O–H groups in total. The highest BCUT2D eigenvalue weighted by molar-refractivity contribution is 7.93. The van der Waals surface area contributed by atoms with E-state index in [9.17, 15) is 8.42 Å². The van der Waals surface area contributed by atoms with E-state index in [0.717, 1.165) is 10.6 Å². The summed E-state index contributed by atoms with van der Waals surface area (Å²) < 4.78 is 25.4. The molecule has 14 heavy (non-hydrogen) atoms. The van der Waals surface area contributed by atoms with E-state index in [0.29, 0.717) is 5.13 Å². The Morgan fingerprint density at radius 2 is 1.93 bits per heavy atom. The predicted octanol–water partition coefficient (Wildman–Crippen LogP) is 1.91. The largest absolute Gasteiger partial charge is 0.258 e. The van der Waals surface area contributed by atoms with Crippen LogP contribution < -0.4 is 4.72 Å². The standard InChI is InChI=1S/C8H14N2O2S2/c1-5(2)14(11,12)10-8-9-6(3)7(4)13-8/h5H,1-4H3,(H,9,10). The van der Waals surface area contributed by atoms with E-state index in [1.807, 2.05) is 13.8 Å². The zero-order chi connectivity index (χ0) is 10.9. The predicted molar refractivity (Wildman–Crippen MR) is 59.3 cm³/mol. The van der Waals surface area contributed by atoms with Crippen molar-refractivity contribution in [2.75, 3.05) is 4.72 Å². The van der Waals surface area contributed by atoms with Crippen LogP contribution in [0.2, 0.25) is 0 Å². The molecule has 0 aromatic carbocycles. The van der Waals surface area contributed by atoms with Crippen molar-refractivity contribution >= 4 is 26.5 Å². The molecule has 0 saturated carbocycles. The highest BCUT2D eigenvalue weighted by Crippen LogP contribution is 2.22. The number of rotatable bonds is 3. The third-order valence-electron chi connectivity index (χ3n) is 1.88. The molecule has 0 fully saturated rings. The third kappa shape index (κ3) is 2.45. The molecule has 4 nitrogen and oxygen atoms in total. The van der Waals surface area contributed by atoms with Gasteiger partial charge in [-0.15, -0.1) is 11.3 Å².